The van der Waals surface area contributed by atoms with Crippen molar-refractivity contribution in [3.05, 3.63) is 45.8 Å². The number of benzene rings is 1. The van der Waals surface area contributed by atoms with Gasteiger partial charge in [0.05, 0.1) is 9.82 Å². The van der Waals surface area contributed by atoms with E-state index in [1.807, 2.05) is 0 Å². The Morgan fingerprint density at radius 2 is 2.11 bits per heavy atom. The van der Waals surface area contributed by atoms with Crippen molar-refractivity contribution < 1.29 is 17.7 Å². The van der Waals surface area contributed by atoms with Gasteiger partial charge in [-0.3, -0.25) is 10.1 Å². The summed E-state index contributed by atoms with van der Waals surface area (Å²) in [5, 5.41) is 10.7. The molecule has 0 aliphatic rings. The molecule has 0 amide bonds. The summed E-state index contributed by atoms with van der Waals surface area (Å²) in [7, 11) is -3.93. The Hall–Kier alpha value is -1.80. The number of halogens is 1. The normalized spacial score (nSPS) is 11.3. The number of nitro benzene ring substituents is 1. The maximum absolute atomic E-state index is 13.5. The predicted octanol–water partition coefficient (Wildman–Crippen LogP) is 1.90. The zero-order chi connectivity index (χ0) is 14.8. The van der Waals surface area contributed by atoms with Crippen LogP contribution in [0.3, 0.4) is 0 Å². The first-order valence-corrected chi connectivity index (χ1v) is 6.72. The second-order valence-electron chi connectivity index (χ2n) is 4.11. The minimum atomic E-state index is -3.93. The monoisotopic (exact) mass is 288 g/mol. The molecule has 0 aromatic heterocycles. The number of aryl methyl sites for hydroxylation is 1. The number of nitrogens with one attached hydrogen (secondary N) is 1. The molecule has 0 fully saturated rings. The van der Waals surface area contributed by atoms with Gasteiger partial charge in [0.15, 0.2) is 0 Å². The highest BCUT2D eigenvalue weighted by atomic mass is 32.2. The maximum atomic E-state index is 13.5. The van der Waals surface area contributed by atoms with Crippen LogP contribution in [0.5, 0.6) is 0 Å². The molecule has 0 spiro atoms. The molecular weight excluding hydrogens is 275 g/mol. The van der Waals surface area contributed by atoms with Gasteiger partial charge in [-0.15, -0.1) is 0 Å². The fourth-order valence-corrected chi connectivity index (χ4v) is 2.51. The van der Waals surface area contributed by atoms with Gasteiger partial charge in [0, 0.05) is 12.6 Å². The number of sulfonamides is 1. The fraction of sp³-hybridized carbons (Fsp3) is 0.273. The van der Waals surface area contributed by atoms with Crippen LogP contribution < -0.4 is 4.72 Å². The van der Waals surface area contributed by atoms with E-state index in [1.54, 1.807) is 6.92 Å². The van der Waals surface area contributed by atoms with E-state index < -0.39 is 26.5 Å². The van der Waals surface area contributed by atoms with Crippen LogP contribution in [0.1, 0.15) is 12.5 Å². The lowest BCUT2D eigenvalue weighted by molar-refractivity contribution is -0.387. The molecule has 1 aromatic carbocycles. The molecule has 0 saturated heterocycles. The summed E-state index contributed by atoms with van der Waals surface area (Å²) >= 11 is 0. The van der Waals surface area contributed by atoms with Gasteiger partial charge in [-0.1, -0.05) is 12.2 Å². The molecule has 1 rings (SSSR count). The standard InChI is InChI=1S/C11H13FN2O4S/c1-7(2)6-13-19(17,18)9-4-8(3)11(12)10(5-9)14(15)16/h4-5,13H,1,6H2,2-3H3. The summed E-state index contributed by atoms with van der Waals surface area (Å²) in [5.74, 6) is -1.04. The highest BCUT2D eigenvalue weighted by Gasteiger charge is 2.23. The van der Waals surface area contributed by atoms with E-state index in [-0.39, 0.29) is 17.0 Å². The van der Waals surface area contributed by atoms with Crippen LogP contribution >= 0.6 is 0 Å². The molecule has 1 aromatic rings. The first-order valence-electron chi connectivity index (χ1n) is 5.23. The lowest BCUT2D eigenvalue weighted by Gasteiger charge is -2.08. The van der Waals surface area contributed by atoms with Gasteiger partial charge in [0.1, 0.15) is 0 Å². The summed E-state index contributed by atoms with van der Waals surface area (Å²) < 4.78 is 39.4. The van der Waals surface area contributed by atoms with Crippen LogP contribution in [-0.2, 0) is 10.0 Å². The largest absolute Gasteiger partial charge is 0.306 e. The average molecular weight is 288 g/mol. The Bertz CT molecular complexity index is 640. The highest BCUT2D eigenvalue weighted by Crippen LogP contribution is 2.24. The quantitative estimate of drug-likeness (QED) is 0.509. The summed E-state index contributed by atoms with van der Waals surface area (Å²) in [6, 6.07) is 1.74. The molecule has 0 aliphatic heterocycles. The molecule has 1 N–H and O–H groups in total. The lowest BCUT2D eigenvalue weighted by atomic mass is 10.2. The molecule has 6 nitrogen and oxygen atoms in total. The third-order valence-corrected chi connectivity index (χ3v) is 3.66. The Balaban J connectivity index is 3.28. The van der Waals surface area contributed by atoms with Crippen LogP contribution in [0.2, 0.25) is 0 Å². The topological polar surface area (TPSA) is 89.3 Å². The molecule has 104 valence electrons. The maximum Gasteiger partial charge on any atom is 0.306 e. The molecule has 0 saturated carbocycles. The second kappa shape index (κ2) is 5.45. The van der Waals surface area contributed by atoms with Crippen LogP contribution in [0.25, 0.3) is 0 Å². The van der Waals surface area contributed by atoms with E-state index in [2.05, 4.69) is 11.3 Å². The molecule has 19 heavy (non-hydrogen) atoms. The van der Waals surface area contributed by atoms with Crippen molar-refractivity contribution in [3.8, 4) is 0 Å². The fourth-order valence-electron chi connectivity index (χ4n) is 1.31. The van der Waals surface area contributed by atoms with Crippen molar-refractivity contribution in [3.63, 3.8) is 0 Å². The molecule has 8 heteroatoms. The zero-order valence-electron chi connectivity index (χ0n) is 10.4. The van der Waals surface area contributed by atoms with Crippen molar-refractivity contribution in [2.45, 2.75) is 18.7 Å². The molecule has 0 heterocycles. The van der Waals surface area contributed by atoms with E-state index in [1.165, 1.54) is 6.92 Å². The first kappa shape index (κ1) is 15.3. The molecule has 0 radical (unpaired) electrons. The average Bonchev–Trinajstić information content (AvgIpc) is 2.29. The van der Waals surface area contributed by atoms with E-state index >= 15 is 0 Å². The molecular formula is C11H13FN2O4S. The Morgan fingerprint density at radius 3 is 2.58 bits per heavy atom. The van der Waals surface area contributed by atoms with E-state index in [0.29, 0.717) is 11.6 Å². The van der Waals surface area contributed by atoms with E-state index in [9.17, 15) is 22.9 Å². The van der Waals surface area contributed by atoms with Gasteiger partial charge in [-0.05, 0) is 25.5 Å². The third kappa shape index (κ3) is 3.58. The summed E-state index contributed by atoms with van der Waals surface area (Å²) in [6.45, 7) is 6.43. The molecule has 0 aliphatic carbocycles. The summed E-state index contributed by atoms with van der Waals surface area (Å²) in [4.78, 5) is 9.35. The van der Waals surface area contributed by atoms with Gasteiger partial charge in [0.2, 0.25) is 15.8 Å². The molecule has 0 bridgehead atoms. The van der Waals surface area contributed by atoms with Crippen LogP contribution in [-0.4, -0.2) is 19.9 Å². The SMILES string of the molecule is C=C(C)CNS(=O)(=O)c1cc(C)c(F)c([N+](=O)[O-])c1. The van der Waals surface area contributed by atoms with Crippen molar-refractivity contribution in [2.24, 2.45) is 0 Å². The number of hydrogen-bond acceptors (Lipinski definition) is 4. The van der Waals surface area contributed by atoms with Gasteiger partial charge < -0.3 is 0 Å². The number of nitrogens with zero attached hydrogens (tertiary/aromatic N) is 1. The Kier molecular flexibility index (Phi) is 4.38. The summed E-state index contributed by atoms with van der Waals surface area (Å²) in [5.41, 5.74) is -0.391. The third-order valence-electron chi connectivity index (χ3n) is 2.28. The van der Waals surface area contributed by atoms with Crippen molar-refractivity contribution in [1.82, 2.24) is 4.72 Å². The van der Waals surface area contributed by atoms with Crippen molar-refractivity contribution in [2.75, 3.05) is 6.54 Å². The van der Waals surface area contributed by atoms with Gasteiger partial charge >= 0.3 is 5.69 Å². The second-order valence-corrected chi connectivity index (χ2v) is 5.88. The van der Waals surface area contributed by atoms with Gasteiger partial charge in [0.25, 0.3) is 0 Å². The molecule has 0 atom stereocenters. The van der Waals surface area contributed by atoms with Gasteiger partial charge in [-0.25, -0.2) is 13.1 Å². The van der Waals surface area contributed by atoms with E-state index in [0.717, 1.165) is 6.07 Å². The lowest BCUT2D eigenvalue weighted by Crippen LogP contribution is -2.25. The molecule has 0 unspecified atom stereocenters. The van der Waals surface area contributed by atoms with Crippen LogP contribution in [0.4, 0.5) is 10.1 Å². The minimum absolute atomic E-state index is 0.00650. The summed E-state index contributed by atoms with van der Waals surface area (Å²) in [6.07, 6.45) is 0. The Morgan fingerprint density at radius 1 is 1.53 bits per heavy atom. The van der Waals surface area contributed by atoms with E-state index in [4.69, 9.17) is 0 Å². The van der Waals surface area contributed by atoms with Crippen LogP contribution in [0.15, 0.2) is 29.2 Å². The highest BCUT2D eigenvalue weighted by molar-refractivity contribution is 7.89. The van der Waals surface area contributed by atoms with Crippen molar-refractivity contribution >= 4 is 15.7 Å². The number of rotatable bonds is 5. The zero-order valence-corrected chi connectivity index (χ0v) is 11.3. The number of nitro groups is 1. The van der Waals surface area contributed by atoms with Gasteiger partial charge in [-0.2, -0.15) is 4.39 Å². The minimum Gasteiger partial charge on any atom is -0.258 e. The Labute approximate surface area is 110 Å². The van der Waals surface area contributed by atoms with Crippen LogP contribution in [0, 0.1) is 22.9 Å². The first-order chi connectivity index (χ1) is 8.65. The smallest absolute Gasteiger partial charge is 0.258 e. The van der Waals surface area contributed by atoms with Crippen molar-refractivity contribution in [1.29, 1.82) is 0 Å². The predicted molar refractivity (Wildman–Crippen MR) is 67.8 cm³/mol. The number of hydrogen-bond donors (Lipinski definition) is 1.